The molecule has 0 amide bonds. The molecule has 0 saturated carbocycles. The van der Waals surface area contributed by atoms with Crippen LogP contribution in [0.3, 0.4) is 0 Å². The number of imidazole rings is 1. The first-order valence-corrected chi connectivity index (χ1v) is 8.11. The maximum absolute atomic E-state index is 4.65. The van der Waals surface area contributed by atoms with Gasteiger partial charge in [0.2, 0.25) is 5.95 Å². The molecular weight excluding hydrogens is 248 g/mol. The van der Waals surface area contributed by atoms with Crippen molar-refractivity contribution >= 4 is 5.95 Å². The molecule has 1 aliphatic heterocycles. The molecule has 1 aromatic heterocycles. The van der Waals surface area contributed by atoms with Gasteiger partial charge in [0.1, 0.15) is 0 Å². The molecule has 0 spiro atoms. The molecule has 0 radical (unpaired) electrons. The molecule has 114 valence electrons. The predicted molar refractivity (Wildman–Crippen MR) is 85.2 cm³/mol. The van der Waals surface area contributed by atoms with E-state index in [-0.39, 0.29) is 0 Å². The summed E-state index contributed by atoms with van der Waals surface area (Å²) in [6.07, 6.45) is 5.88. The number of aromatic nitrogens is 2. The highest BCUT2D eigenvalue weighted by Gasteiger charge is 2.20. The maximum atomic E-state index is 4.65. The molecule has 4 heteroatoms. The molecule has 0 aliphatic carbocycles. The number of anilines is 1. The predicted octanol–water partition coefficient (Wildman–Crippen LogP) is 3.13. The fraction of sp³-hybridized carbons (Fsp3) is 0.812. The highest BCUT2D eigenvalue weighted by atomic mass is 15.2. The summed E-state index contributed by atoms with van der Waals surface area (Å²) in [5.74, 6) is 1.71. The Bertz CT molecular complexity index is 403. The zero-order chi connectivity index (χ0) is 14.5. The van der Waals surface area contributed by atoms with Crippen molar-refractivity contribution in [1.29, 1.82) is 0 Å². The van der Waals surface area contributed by atoms with Crippen molar-refractivity contribution in [1.82, 2.24) is 14.5 Å². The minimum atomic E-state index is 0.579. The normalized spacial score (nSPS) is 17.9. The number of nitrogens with zero attached hydrogens (tertiary/aromatic N) is 3. The number of aryl methyl sites for hydroxylation is 1. The lowest BCUT2D eigenvalue weighted by atomic mass is 10.1. The van der Waals surface area contributed by atoms with E-state index in [0.717, 1.165) is 18.2 Å². The molecule has 20 heavy (non-hydrogen) atoms. The third kappa shape index (κ3) is 4.23. The Hall–Kier alpha value is -1.03. The molecule has 0 atom stereocenters. The summed E-state index contributed by atoms with van der Waals surface area (Å²) in [5.41, 5.74) is 1.11. The van der Waals surface area contributed by atoms with Gasteiger partial charge in [0, 0.05) is 31.9 Å². The van der Waals surface area contributed by atoms with Gasteiger partial charge < -0.3 is 14.8 Å². The van der Waals surface area contributed by atoms with Crippen LogP contribution in [0, 0.1) is 12.8 Å². The van der Waals surface area contributed by atoms with Crippen molar-refractivity contribution < 1.29 is 0 Å². The molecule has 2 rings (SSSR count). The van der Waals surface area contributed by atoms with Crippen molar-refractivity contribution in [3.63, 3.8) is 0 Å². The topological polar surface area (TPSA) is 33.1 Å². The van der Waals surface area contributed by atoms with Gasteiger partial charge in [-0.25, -0.2) is 4.98 Å². The largest absolute Gasteiger partial charge is 0.353 e. The lowest BCUT2D eigenvalue weighted by Gasteiger charge is -2.32. The zero-order valence-corrected chi connectivity index (χ0v) is 13.5. The van der Waals surface area contributed by atoms with Crippen LogP contribution in [0.15, 0.2) is 6.20 Å². The Balaban J connectivity index is 1.90. The molecule has 0 unspecified atom stereocenters. The number of nitrogens with one attached hydrogen (secondary N) is 1. The second-order valence-electron chi connectivity index (χ2n) is 6.51. The molecule has 1 aliphatic rings. The van der Waals surface area contributed by atoms with Gasteiger partial charge in [-0.3, -0.25) is 0 Å². The van der Waals surface area contributed by atoms with E-state index in [1.165, 1.54) is 38.9 Å². The van der Waals surface area contributed by atoms with Gasteiger partial charge in [-0.1, -0.05) is 20.8 Å². The van der Waals surface area contributed by atoms with Crippen molar-refractivity contribution in [2.75, 3.05) is 25.0 Å². The lowest BCUT2D eigenvalue weighted by molar-refractivity contribution is 0.219. The summed E-state index contributed by atoms with van der Waals surface area (Å²) in [7, 11) is 0. The molecule has 4 nitrogen and oxygen atoms in total. The second-order valence-corrected chi connectivity index (χ2v) is 6.51. The summed E-state index contributed by atoms with van der Waals surface area (Å²) >= 11 is 0. The highest BCUT2D eigenvalue weighted by molar-refractivity contribution is 5.30. The van der Waals surface area contributed by atoms with Crippen LogP contribution in [-0.2, 0) is 6.54 Å². The summed E-state index contributed by atoms with van der Waals surface area (Å²) in [4.78, 5) is 7.22. The van der Waals surface area contributed by atoms with Crippen LogP contribution < -0.4 is 5.32 Å². The molecule has 1 N–H and O–H groups in total. The van der Waals surface area contributed by atoms with Crippen LogP contribution in [0.25, 0.3) is 0 Å². The van der Waals surface area contributed by atoms with Gasteiger partial charge >= 0.3 is 0 Å². The molecule has 0 aromatic carbocycles. The van der Waals surface area contributed by atoms with E-state index >= 15 is 0 Å². The standard InChI is InChI=1S/C16H30N4/c1-5-8-19-9-6-15(7-10-19)18-16-17-14(4)12-20(16)11-13(2)3/h12-13,15H,5-11H2,1-4H3,(H,17,18). The summed E-state index contributed by atoms with van der Waals surface area (Å²) < 4.78 is 2.28. The quantitative estimate of drug-likeness (QED) is 0.868. The Labute approximate surface area is 123 Å². The summed E-state index contributed by atoms with van der Waals surface area (Å²) in [6, 6.07) is 0.579. The number of rotatable bonds is 6. The Kier molecular flexibility index (Phi) is 5.46. The zero-order valence-electron chi connectivity index (χ0n) is 13.5. The maximum Gasteiger partial charge on any atom is 0.203 e. The molecule has 2 heterocycles. The second kappa shape index (κ2) is 7.11. The summed E-state index contributed by atoms with van der Waals surface area (Å²) in [6.45, 7) is 13.6. The van der Waals surface area contributed by atoms with E-state index < -0.39 is 0 Å². The van der Waals surface area contributed by atoms with Crippen LogP contribution in [0.1, 0.15) is 45.7 Å². The highest BCUT2D eigenvalue weighted by Crippen LogP contribution is 2.18. The SMILES string of the molecule is CCCN1CCC(Nc2nc(C)cn2CC(C)C)CC1. The van der Waals surface area contributed by atoms with Crippen molar-refractivity contribution in [2.45, 2.75) is 59.5 Å². The van der Waals surface area contributed by atoms with Gasteiger partial charge in [0.25, 0.3) is 0 Å². The van der Waals surface area contributed by atoms with Crippen LogP contribution >= 0.6 is 0 Å². The van der Waals surface area contributed by atoms with E-state index in [1.54, 1.807) is 0 Å². The summed E-state index contributed by atoms with van der Waals surface area (Å²) in [5, 5.41) is 3.66. The van der Waals surface area contributed by atoms with E-state index in [1.807, 2.05) is 0 Å². The van der Waals surface area contributed by atoms with Gasteiger partial charge in [-0.2, -0.15) is 0 Å². The first-order chi connectivity index (χ1) is 9.58. The smallest absolute Gasteiger partial charge is 0.203 e. The lowest BCUT2D eigenvalue weighted by Crippen LogP contribution is -2.39. The number of hydrogen-bond acceptors (Lipinski definition) is 3. The monoisotopic (exact) mass is 278 g/mol. The molecule has 1 aromatic rings. The third-order valence-electron chi connectivity index (χ3n) is 3.92. The average Bonchev–Trinajstić information content (AvgIpc) is 2.71. The van der Waals surface area contributed by atoms with Crippen LogP contribution in [0.4, 0.5) is 5.95 Å². The minimum absolute atomic E-state index is 0.579. The molecule has 1 saturated heterocycles. The number of likely N-dealkylation sites (tertiary alicyclic amines) is 1. The van der Waals surface area contributed by atoms with E-state index in [0.29, 0.717) is 12.0 Å². The first-order valence-electron chi connectivity index (χ1n) is 8.11. The third-order valence-corrected chi connectivity index (χ3v) is 3.92. The fourth-order valence-corrected chi connectivity index (χ4v) is 2.99. The Morgan fingerprint density at radius 3 is 2.65 bits per heavy atom. The van der Waals surface area contributed by atoms with Crippen LogP contribution in [0.2, 0.25) is 0 Å². The van der Waals surface area contributed by atoms with Crippen molar-refractivity contribution in [3.8, 4) is 0 Å². The van der Waals surface area contributed by atoms with Gasteiger partial charge in [-0.15, -0.1) is 0 Å². The Morgan fingerprint density at radius 1 is 1.35 bits per heavy atom. The average molecular weight is 278 g/mol. The molecular formula is C16H30N4. The van der Waals surface area contributed by atoms with Gasteiger partial charge in [-0.05, 0) is 38.6 Å². The number of hydrogen-bond donors (Lipinski definition) is 1. The van der Waals surface area contributed by atoms with Crippen molar-refractivity contribution in [2.24, 2.45) is 5.92 Å². The van der Waals surface area contributed by atoms with Crippen LogP contribution in [0.5, 0.6) is 0 Å². The van der Waals surface area contributed by atoms with E-state index in [2.05, 4.69) is 53.7 Å². The first kappa shape index (κ1) is 15.4. The van der Waals surface area contributed by atoms with Gasteiger partial charge in [0.05, 0.1) is 5.69 Å². The Morgan fingerprint density at radius 2 is 2.05 bits per heavy atom. The van der Waals surface area contributed by atoms with Gasteiger partial charge in [0.15, 0.2) is 0 Å². The molecule has 0 bridgehead atoms. The van der Waals surface area contributed by atoms with Crippen molar-refractivity contribution in [3.05, 3.63) is 11.9 Å². The number of piperidine rings is 1. The fourth-order valence-electron chi connectivity index (χ4n) is 2.99. The minimum Gasteiger partial charge on any atom is -0.353 e. The van der Waals surface area contributed by atoms with E-state index in [9.17, 15) is 0 Å². The van der Waals surface area contributed by atoms with Crippen LogP contribution in [-0.4, -0.2) is 40.1 Å². The van der Waals surface area contributed by atoms with E-state index in [4.69, 9.17) is 0 Å². The molecule has 1 fully saturated rings.